The summed E-state index contributed by atoms with van der Waals surface area (Å²) >= 11 is 0. The normalized spacial score (nSPS) is 32.0. The van der Waals surface area contributed by atoms with Crippen LogP contribution in [0.25, 0.3) is 0 Å². The zero-order valence-electron chi connectivity index (χ0n) is 14.0. The minimum absolute atomic E-state index is 0.0194. The molecule has 0 aromatic rings. The van der Waals surface area contributed by atoms with Crippen molar-refractivity contribution in [2.45, 2.75) is 46.3 Å². The fourth-order valence-electron chi connectivity index (χ4n) is 3.84. The van der Waals surface area contributed by atoms with Crippen LogP contribution in [0, 0.1) is 29.6 Å². The summed E-state index contributed by atoms with van der Waals surface area (Å²) in [6.45, 7) is 8.40. The molecule has 2 saturated heterocycles. The smallest absolute Gasteiger partial charge is 0.355 e. The van der Waals surface area contributed by atoms with E-state index in [0.717, 1.165) is 0 Å². The molecule has 0 aromatic heterocycles. The minimum atomic E-state index is -4.53. The Kier molecular flexibility index (Phi) is 4.97. The van der Waals surface area contributed by atoms with Crippen LogP contribution < -0.4 is 5.32 Å². The van der Waals surface area contributed by atoms with Gasteiger partial charge in [0.2, 0.25) is 11.8 Å². The van der Waals surface area contributed by atoms with Crippen LogP contribution in [-0.2, 0) is 9.59 Å². The van der Waals surface area contributed by atoms with Crippen LogP contribution in [0.2, 0.25) is 0 Å². The lowest BCUT2D eigenvalue weighted by Gasteiger charge is -2.54. The lowest BCUT2D eigenvalue weighted by atomic mass is 9.73. The lowest BCUT2D eigenvalue weighted by Crippen LogP contribution is -2.65. The predicted molar refractivity (Wildman–Crippen MR) is 79.3 cm³/mol. The standard InChI is InChI=1S/C16H25F3N2O2/c1-8(2)11-7-21(14(11)9(3)4)15(23)10-6-20-13(22)5-12(10)16(17,18)19/h8-12,14H,5-7H2,1-4H3,(H,20,22). The van der Waals surface area contributed by atoms with Crippen molar-refractivity contribution in [2.75, 3.05) is 13.1 Å². The van der Waals surface area contributed by atoms with Gasteiger partial charge in [0.25, 0.3) is 0 Å². The zero-order chi connectivity index (χ0) is 17.5. The number of halogens is 3. The summed E-state index contributed by atoms with van der Waals surface area (Å²) in [6.07, 6.45) is -5.19. The van der Waals surface area contributed by atoms with Crippen LogP contribution in [0.1, 0.15) is 34.1 Å². The van der Waals surface area contributed by atoms with Gasteiger partial charge in [-0.15, -0.1) is 0 Å². The van der Waals surface area contributed by atoms with Crippen LogP contribution >= 0.6 is 0 Å². The molecule has 2 aliphatic heterocycles. The third-order valence-electron chi connectivity index (χ3n) is 5.18. The molecule has 4 atom stereocenters. The molecule has 2 amide bonds. The highest BCUT2D eigenvalue weighted by Crippen LogP contribution is 2.41. The van der Waals surface area contributed by atoms with Gasteiger partial charge in [0.1, 0.15) is 0 Å². The lowest BCUT2D eigenvalue weighted by molar-refractivity contribution is -0.204. The van der Waals surface area contributed by atoms with Gasteiger partial charge in [0, 0.05) is 25.6 Å². The van der Waals surface area contributed by atoms with Crippen LogP contribution in [0.5, 0.6) is 0 Å². The number of hydrogen-bond donors (Lipinski definition) is 1. The second kappa shape index (κ2) is 6.32. The second-order valence-electron chi connectivity index (χ2n) is 7.40. The highest BCUT2D eigenvalue weighted by Gasteiger charge is 2.54. The van der Waals surface area contributed by atoms with Crippen LogP contribution in [0.15, 0.2) is 0 Å². The molecule has 4 nitrogen and oxygen atoms in total. The van der Waals surface area contributed by atoms with Gasteiger partial charge in [-0.05, 0) is 17.8 Å². The third kappa shape index (κ3) is 3.48. The number of nitrogens with zero attached hydrogens (tertiary/aromatic N) is 1. The third-order valence-corrected chi connectivity index (χ3v) is 5.18. The van der Waals surface area contributed by atoms with Crippen LogP contribution in [0.4, 0.5) is 13.2 Å². The molecule has 23 heavy (non-hydrogen) atoms. The highest BCUT2D eigenvalue weighted by molar-refractivity contribution is 5.85. The first-order valence-corrected chi connectivity index (χ1v) is 8.18. The quantitative estimate of drug-likeness (QED) is 0.862. The Morgan fingerprint density at radius 3 is 2.30 bits per heavy atom. The number of hydrogen-bond acceptors (Lipinski definition) is 2. The average molecular weight is 334 g/mol. The van der Waals surface area contributed by atoms with Gasteiger partial charge in [0.15, 0.2) is 0 Å². The molecule has 1 N–H and O–H groups in total. The predicted octanol–water partition coefficient (Wildman–Crippen LogP) is 2.44. The highest BCUT2D eigenvalue weighted by atomic mass is 19.4. The van der Waals surface area contributed by atoms with Gasteiger partial charge in [-0.2, -0.15) is 13.2 Å². The zero-order valence-corrected chi connectivity index (χ0v) is 14.0. The van der Waals surface area contributed by atoms with E-state index in [4.69, 9.17) is 0 Å². The van der Waals surface area contributed by atoms with E-state index in [1.807, 2.05) is 13.8 Å². The van der Waals surface area contributed by atoms with E-state index in [9.17, 15) is 22.8 Å². The fourth-order valence-corrected chi connectivity index (χ4v) is 3.84. The van der Waals surface area contributed by atoms with E-state index in [0.29, 0.717) is 18.4 Å². The molecular weight excluding hydrogens is 309 g/mol. The molecule has 4 unspecified atom stereocenters. The number of alkyl halides is 3. The topological polar surface area (TPSA) is 49.4 Å². The molecule has 0 bridgehead atoms. The number of carbonyl (C=O) groups excluding carboxylic acids is 2. The van der Waals surface area contributed by atoms with E-state index in [-0.39, 0.29) is 18.5 Å². The van der Waals surface area contributed by atoms with Gasteiger partial charge in [-0.3, -0.25) is 9.59 Å². The summed E-state index contributed by atoms with van der Waals surface area (Å²) in [5.41, 5.74) is 0. The maximum atomic E-state index is 13.2. The number of piperidine rings is 1. The molecule has 2 rings (SSSR count). The van der Waals surface area contributed by atoms with Gasteiger partial charge >= 0.3 is 6.18 Å². The van der Waals surface area contributed by atoms with Gasteiger partial charge in [-0.1, -0.05) is 27.7 Å². The van der Waals surface area contributed by atoms with Crippen molar-refractivity contribution in [1.29, 1.82) is 0 Å². The maximum Gasteiger partial charge on any atom is 0.393 e. The Morgan fingerprint density at radius 2 is 1.83 bits per heavy atom. The van der Waals surface area contributed by atoms with Crippen LogP contribution in [0.3, 0.4) is 0 Å². The molecule has 0 spiro atoms. The number of likely N-dealkylation sites (tertiary alicyclic amines) is 1. The van der Waals surface area contributed by atoms with Crippen molar-refractivity contribution in [3.63, 3.8) is 0 Å². The van der Waals surface area contributed by atoms with Gasteiger partial charge in [-0.25, -0.2) is 0 Å². The summed E-state index contributed by atoms with van der Waals surface area (Å²) < 4.78 is 39.7. The molecule has 2 fully saturated rings. The average Bonchev–Trinajstić information content (AvgIpc) is 2.34. The van der Waals surface area contributed by atoms with Gasteiger partial charge in [0.05, 0.1) is 11.8 Å². The van der Waals surface area contributed by atoms with Crippen molar-refractivity contribution in [3.05, 3.63) is 0 Å². The maximum absolute atomic E-state index is 13.2. The van der Waals surface area contributed by atoms with Crippen molar-refractivity contribution >= 4 is 11.8 Å². The monoisotopic (exact) mass is 334 g/mol. The van der Waals surface area contributed by atoms with Crippen molar-refractivity contribution < 1.29 is 22.8 Å². The number of rotatable bonds is 3. The molecule has 2 heterocycles. The molecule has 0 aliphatic carbocycles. The molecule has 2 aliphatic rings. The Hall–Kier alpha value is -1.27. The fraction of sp³-hybridized carbons (Fsp3) is 0.875. The Bertz CT molecular complexity index is 476. The van der Waals surface area contributed by atoms with Crippen molar-refractivity contribution in [2.24, 2.45) is 29.6 Å². The van der Waals surface area contributed by atoms with Gasteiger partial charge < -0.3 is 10.2 Å². The van der Waals surface area contributed by atoms with E-state index >= 15 is 0 Å². The van der Waals surface area contributed by atoms with E-state index in [1.165, 1.54) is 0 Å². The van der Waals surface area contributed by atoms with E-state index in [1.54, 1.807) is 4.90 Å². The summed E-state index contributed by atoms with van der Waals surface area (Å²) in [7, 11) is 0. The summed E-state index contributed by atoms with van der Waals surface area (Å²) in [4.78, 5) is 25.6. The van der Waals surface area contributed by atoms with Crippen molar-refractivity contribution in [3.8, 4) is 0 Å². The molecule has 0 aromatic carbocycles. The number of amides is 2. The Morgan fingerprint density at radius 1 is 1.22 bits per heavy atom. The summed E-state index contributed by atoms with van der Waals surface area (Å²) in [6, 6.07) is -0.0194. The van der Waals surface area contributed by atoms with Crippen molar-refractivity contribution in [1.82, 2.24) is 10.2 Å². The largest absolute Gasteiger partial charge is 0.393 e. The second-order valence-corrected chi connectivity index (χ2v) is 7.40. The molecule has 7 heteroatoms. The van der Waals surface area contributed by atoms with E-state index < -0.39 is 36.2 Å². The minimum Gasteiger partial charge on any atom is -0.355 e. The summed E-state index contributed by atoms with van der Waals surface area (Å²) in [5.74, 6) is -3.29. The van der Waals surface area contributed by atoms with E-state index in [2.05, 4.69) is 19.2 Å². The number of carbonyl (C=O) groups is 2. The Labute approximate surface area is 134 Å². The first kappa shape index (κ1) is 18.1. The molecule has 0 radical (unpaired) electrons. The SMILES string of the molecule is CC(C)C1CN(C(=O)C2CNC(=O)CC2C(F)(F)F)C1C(C)C. The van der Waals surface area contributed by atoms with Crippen LogP contribution in [-0.4, -0.2) is 42.0 Å². The summed E-state index contributed by atoms with van der Waals surface area (Å²) in [5, 5.41) is 2.41. The molecule has 0 saturated carbocycles. The first-order valence-electron chi connectivity index (χ1n) is 8.18. The number of nitrogens with one attached hydrogen (secondary N) is 1. The molecular formula is C16H25F3N2O2. The molecule has 132 valence electrons. The first-order chi connectivity index (χ1) is 10.5. The Balaban J connectivity index is 2.17.